The molecular formula is C18H24N2O. The number of nitrogens with zero attached hydrogens (tertiary/aromatic N) is 1. The molecule has 0 saturated carbocycles. The Morgan fingerprint density at radius 3 is 2.38 bits per heavy atom. The Balaban J connectivity index is 2.54. The van der Waals surface area contributed by atoms with E-state index in [1.165, 1.54) is 0 Å². The van der Waals surface area contributed by atoms with E-state index < -0.39 is 6.10 Å². The third-order valence-electron chi connectivity index (χ3n) is 4.51. The summed E-state index contributed by atoms with van der Waals surface area (Å²) in [5.74, 6) is 0.412. The van der Waals surface area contributed by atoms with Gasteiger partial charge in [-0.2, -0.15) is 0 Å². The molecule has 0 bridgehead atoms. The summed E-state index contributed by atoms with van der Waals surface area (Å²) in [7, 11) is 0. The van der Waals surface area contributed by atoms with Crippen molar-refractivity contribution in [2.45, 2.75) is 45.1 Å². The summed E-state index contributed by atoms with van der Waals surface area (Å²) < 4.78 is 0. The predicted molar refractivity (Wildman–Crippen MR) is 87.0 cm³/mol. The van der Waals surface area contributed by atoms with Crippen LogP contribution < -0.4 is 5.73 Å². The van der Waals surface area contributed by atoms with Gasteiger partial charge < -0.3 is 10.8 Å². The fourth-order valence-corrected chi connectivity index (χ4v) is 3.09. The molecule has 0 amide bonds. The summed E-state index contributed by atoms with van der Waals surface area (Å²) in [5, 5.41) is 11.1. The molecule has 0 saturated heterocycles. The highest BCUT2D eigenvalue weighted by molar-refractivity contribution is 5.45. The average molecular weight is 284 g/mol. The van der Waals surface area contributed by atoms with Gasteiger partial charge in [-0.3, -0.25) is 0 Å². The Morgan fingerprint density at radius 1 is 1.19 bits per heavy atom. The van der Waals surface area contributed by atoms with Gasteiger partial charge in [0, 0.05) is 17.2 Å². The molecule has 3 N–H and O–H groups in total. The highest BCUT2D eigenvalue weighted by atomic mass is 16.3. The summed E-state index contributed by atoms with van der Waals surface area (Å²) in [4.78, 5) is 4.19. The lowest BCUT2D eigenvalue weighted by atomic mass is 9.69. The van der Waals surface area contributed by atoms with Crippen LogP contribution in [-0.2, 0) is 5.41 Å². The van der Waals surface area contributed by atoms with Crippen LogP contribution in [0, 0.1) is 6.92 Å². The maximum atomic E-state index is 11.1. The first-order chi connectivity index (χ1) is 10.0. The normalized spacial score (nSPS) is 13.1. The second-order valence-corrected chi connectivity index (χ2v) is 5.62. The molecule has 3 nitrogen and oxygen atoms in total. The molecule has 2 rings (SSSR count). The van der Waals surface area contributed by atoms with Crippen molar-refractivity contribution in [3.8, 4) is 0 Å². The van der Waals surface area contributed by atoms with Crippen LogP contribution >= 0.6 is 0 Å². The zero-order valence-corrected chi connectivity index (χ0v) is 13.0. The van der Waals surface area contributed by atoms with Crippen LogP contribution in [0.2, 0.25) is 0 Å². The van der Waals surface area contributed by atoms with Crippen LogP contribution in [0.1, 0.15) is 49.5 Å². The number of aryl methyl sites for hydroxylation is 1. The molecule has 0 radical (unpaired) electrons. The van der Waals surface area contributed by atoms with Crippen LogP contribution in [0.3, 0.4) is 0 Å². The molecule has 3 heteroatoms. The van der Waals surface area contributed by atoms with Crippen molar-refractivity contribution >= 4 is 5.82 Å². The fourth-order valence-electron chi connectivity index (χ4n) is 3.09. The number of hydrogen-bond donors (Lipinski definition) is 2. The van der Waals surface area contributed by atoms with E-state index in [4.69, 9.17) is 5.73 Å². The Morgan fingerprint density at radius 2 is 1.81 bits per heavy atom. The maximum Gasteiger partial charge on any atom is 0.129 e. The number of nitrogen functional groups attached to an aromatic ring is 1. The van der Waals surface area contributed by atoms with Crippen LogP contribution in [-0.4, -0.2) is 10.1 Å². The minimum Gasteiger partial charge on any atom is -0.387 e. The Bertz CT molecular complexity index is 591. The number of pyridine rings is 1. The number of aliphatic hydroxyl groups excluding tert-OH is 1. The minimum absolute atomic E-state index is 0.342. The van der Waals surface area contributed by atoms with E-state index in [1.807, 2.05) is 31.2 Å². The summed E-state index contributed by atoms with van der Waals surface area (Å²) in [6.45, 7) is 6.18. The van der Waals surface area contributed by atoms with E-state index in [1.54, 1.807) is 6.20 Å². The number of anilines is 1. The van der Waals surface area contributed by atoms with Crippen molar-refractivity contribution in [2.24, 2.45) is 0 Å². The molecule has 1 aromatic heterocycles. The third-order valence-corrected chi connectivity index (χ3v) is 4.51. The Hall–Kier alpha value is -1.87. The predicted octanol–water partition coefficient (Wildman–Crippen LogP) is 3.76. The minimum atomic E-state index is -0.665. The summed E-state index contributed by atoms with van der Waals surface area (Å²) in [6, 6.07) is 12.1. The van der Waals surface area contributed by atoms with E-state index >= 15 is 0 Å². The van der Waals surface area contributed by atoms with Gasteiger partial charge >= 0.3 is 0 Å². The molecule has 2 aromatic rings. The van der Waals surface area contributed by atoms with Gasteiger partial charge in [-0.05, 0) is 37.0 Å². The summed E-state index contributed by atoms with van der Waals surface area (Å²) in [6.07, 6.45) is 2.74. The number of benzene rings is 1. The van der Waals surface area contributed by atoms with Crippen molar-refractivity contribution < 1.29 is 5.11 Å². The molecule has 112 valence electrons. The van der Waals surface area contributed by atoms with Gasteiger partial charge in [-0.15, -0.1) is 0 Å². The van der Waals surface area contributed by atoms with Crippen LogP contribution in [0.4, 0.5) is 5.82 Å². The number of aliphatic hydroxyl groups is 1. The van der Waals surface area contributed by atoms with E-state index in [9.17, 15) is 5.11 Å². The van der Waals surface area contributed by atoms with E-state index in [0.717, 1.165) is 29.5 Å². The molecule has 1 heterocycles. The number of nitrogens with two attached hydrogens (primary N) is 1. The second-order valence-electron chi connectivity index (χ2n) is 5.62. The molecule has 0 fully saturated rings. The van der Waals surface area contributed by atoms with E-state index in [2.05, 4.69) is 31.0 Å². The largest absolute Gasteiger partial charge is 0.387 e. The third kappa shape index (κ3) is 2.79. The van der Waals surface area contributed by atoms with Gasteiger partial charge in [0.2, 0.25) is 0 Å². The van der Waals surface area contributed by atoms with E-state index in [0.29, 0.717) is 5.82 Å². The van der Waals surface area contributed by atoms with E-state index in [-0.39, 0.29) is 5.41 Å². The van der Waals surface area contributed by atoms with Crippen molar-refractivity contribution in [2.75, 3.05) is 5.73 Å². The lowest BCUT2D eigenvalue weighted by molar-refractivity contribution is 0.0731. The monoisotopic (exact) mass is 284 g/mol. The summed E-state index contributed by atoms with van der Waals surface area (Å²) in [5.41, 5.74) is 8.53. The number of aromatic nitrogens is 1. The second kappa shape index (κ2) is 6.27. The Labute approximate surface area is 126 Å². The SMILES string of the molecule is CCC(CC)(c1ccccc1)C(O)c1cc(C)cnc1N. The van der Waals surface area contributed by atoms with Crippen molar-refractivity contribution in [1.29, 1.82) is 0 Å². The van der Waals surface area contributed by atoms with Crippen molar-refractivity contribution in [1.82, 2.24) is 4.98 Å². The molecule has 1 atom stereocenters. The Kier molecular flexibility index (Phi) is 4.63. The van der Waals surface area contributed by atoms with Crippen molar-refractivity contribution in [3.63, 3.8) is 0 Å². The van der Waals surface area contributed by atoms with Gasteiger partial charge in [0.05, 0.1) is 6.10 Å². The zero-order chi connectivity index (χ0) is 15.5. The van der Waals surface area contributed by atoms with Gasteiger partial charge in [-0.25, -0.2) is 4.98 Å². The molecule has 0 aliphatic heterocycles. The van der Waals surface area contributed by atoms with Gasteiger partial charge in [-0.1, -0.05) is 44.2 Å². The highest BCUT2D eigenvalue weighted by Crippen LogP contribution is 2.44. The van der Waals surface area contributed by atoms with Crippen LogP contribution in [0.15, 0.2) is 42.6 Å². The van der Waals surface area contributed by atoms with Gasteiger partial charge in [0.15, 0.2) is 0 Å². The highest BCUT2D eigenvalue weighted by Gasteiger charge is 2.38. The number of hydrogen-bond acceptors (Lipinski definition) is 3. The van der Waals surface area contributed by atoms with Crippen LogP contribution in [0.25, 0.3) is 0 Å². The average Bonchev–Trinajstić information content (AvgIpc) is 2.52. The zero-order valence-electron chi connectivity index (χ0n) is 13.0. The molecule has 1 unspecified atom stereocenters. The maximum absolute atomic E-state index is 11.1. The quantitative estimate of drug-likeness (QED) is 0.878. The molecule has 0 spiro atoms. The lowest BCUT2D eigenvalue weighted by Crippen LogP contribution is -2.33. The van der Waals surface area contributed by atoms with Gasteiger partial charge in [0.25, 0.3) is 0 Å². The van der Waals surface area contributed by atoms with Crippen molar-refractivity contribution in [3.05, 3.63) is 59.3 Å². The first-order valence-corrected chi connectivity index (χ1v) is 7.50. The summed E-state index contributed by atoms with van der Waals surface area (Å²) >= 11 is 0. The smallest absolute Gasteiger partial charge is 0.129 e. The molecule has 0 aliphatic carbocycles. The molecule has 21 heavy (non-hydrogen) atoms. The topological polar surface area (TPSA) is 59.1 Å². The van der Waals surface area contributed by atoms with Gasteiger partial charge in [0.1, 0.15) is 5.82 Å². The molecule has 0 aliphatic rings. The standard InChI is InChI=1S/C18H24N2O/c1-4-18(5-2,14-9-7-6-8-10-14)16(21)15-11-13(3)12-20-17(15)19/h6-12,16,21H,4-5H2,1-3H3,(H2,19,20). The first-order valence-electron chi connectivity index (χ1n) is 7.50. The fraction of sp³-hybridized carbons (Fsp3) is 0.389. The lowest BCUT2D eigenvalue weighted by Gasteiger charge is -2.37. The molecular weight excluding hydrogens is 260 g/mol. The molecule has 1 aromatic carbocycles. The number of rotatable bonds is 5. The first kappa shape index (κ1) is 15.5. The van der Waals surface area contributed by atoms with Crippen LogP contribution in [0.5, 0.6) is 0 Å².